The molecule has 3 rings (SSSR count). The SMILES string of the molecule is COCc1cccc(C(=O)NCCN2C(=O)S/C(=C\c3ccc(Cl)cc3Cl)C2=O)c1. The van der Waals surface area contributed by atoms with Gasteiger partial charge >= 0.3 is 0 Å². The first-order valence-electron chi connectivity index (χ1n) is 8.95. The predicted molar refractivity (Wildman–Crippen MR) is 119 cm³/mol. The molecule has 0 atom stereocenters. The molecular weight excluding hydrogens is 447 g/mol. The van der Waals surface area contributed by atoms with Crippen LogP contribution in [0.15, 0.2) is 47.4 Å². The standard InChI is InChI=1S/C21H18Cl2N2O4S/c1-29-12-13-3-2-4-15(9-13)19(26)24-7-8-25-20(27)18(30-21(25)28)10-14-5-6-16(22)11-17(14)23/h2-6,9-11H,7-8,12H2,1H3,(H,24,26)/b18-10-. The Balaban J connectivity index is 1.60. The first-order valence-corrected chi connectivity index (χ1v) is 10.5. The van der Waals surface area contributed by atoms with Crippen LogP contribution in [0.25, 0.3) is 6.08 Å². The summed E-state index contributed by atoms with van der Waals surface area (Å²) in [7, 11) is 1.58. The predicted octanol–water partition coefficient (Wildman–Crippen LogP) is 4.61. The number of methoxy groups -OCH3 is 1. The van der Waals surface area contributed by atoms with Gasteiger partial charge in [-0.15, -0.1) is 0 Å². The number of nitrogens with one attached hydrogen (secondary N) is 1. The van der Waals surface area contributed by atoms with Crippen LogP contribution in [0.4, 0.5) is 4.79 Å². The van der Waals surface area contributed by atoms with Gasteiger partial charge in [-0.3, -0.25) is 19.3 Å². The zero-order valence-electron chi connectivity index (χ0n) is 16.0. The van der Waals surface area contributed by atoms with Gasteiger partial charge in [0.15, 0.2) is 0 Å². The average Bonchev–Trinajstić information content (AvgIpc) is 2.98. The van der Waals surface area contributed by atoms with Gasteiger partial charge in [-0.1, -0.05) is 41.4 Å². The molecule has 1 N–H and O–H groups in total. The molecule has 30 heavy (non-hydrogen) atoms. The minimum absolute atomic E-state index is 0.0693. The highest BCUT2D eigenvalue weighted by Crippen LogP contribution is 2.33. The van der Waals surface area contributed by atoms with Crippen LogP contribution >= 0.6 is 35.0 Å². The van der Waals surface area contributed by atoms with Crippen LogP contribution in [0.5, 0.6) is 0 Å². The summed E-state index contributed by atoms with van der Waals surface area (Å²) in [6, 6.07) is 11.9. The number of amides is 3. The van der Waals surface area contributed by atoms with Gasteiger partial charge in [0, 0.05) is 35.8 Å². The van der Waals surface area contributed by atoms with Crippen molar-refractivity contribution in [3.63, 3.8) is 0 Å². The molecule has 1 saturated heterocycles. The summed E-state index contributed by atoms with van der Waals surface area (Å²) in [5.74, 6) is -0.712. The second kappa shape index (κ2) is 10.1. The Bertz CT molecular complexity index is 1030. The Morgan fingerprint density at radius 2 is 2.00 bits per heavy atom. The van der Waals surface area contributed by atoms with Crippen LogP contribution in [0.2, 0.25) is 10.0 Å². The number of imide groups is 1. The molecule has 1 fully saturated rings. The topological polar surface area (TPSA) is 75.7 Å². The number of carbonyl (C=O) groups is 3. The fourth-order valence-electron chi connectivity index (χ4n) is 2.80. The van der Waals surface area contributed by atoms with E-state index in [1.165, 1.54) is 0 Å². The molecule has 9 heteroatoms. The van der Waals surface area contributed by atoms with Gasteiger partial charge in [-0.05, 0) is 53.2 Å². The van der Waals surface area contributed by atoms with Crippen LogP contribution in [-0.4, -0.2) is 42.2 Å². The zero-order valence-corrected chi connectivity index (χ0v) is 18.3. The molecule has 1 aliphatic rings. The summed E-state index contributed by atoms with van der Waals surface area (Å²) in [6.45, 7) is 0.613. The fraction of sp³-hybridized carbons (Fsp3) is 0.190. The Morgan fingerprint density at radius 3 is 2.73 bits per heavy atom. The minimum atomic E-state index is -0.424. The van der Waals surface area contributed by atoms with Gasteiger partial charge in [0.05, 0.1) is 11.5 Å². The monoisotopic (exact) mass is 464 g/mol. The average molecular weight is 465 g/mol. The number of ether oxygens (including phenoxy) is 1. The number of hydrogen-bond acceptors (Lipinski definition) is 5. The van der Waals surface area contributed by atoms with Crippen molar-refractivity contribution in [2.75, 3.05) is 20.2 Å². The van der Waals surface area contributed by atoms with Gasteiger partial charge in [-0.25, -0.2) is 0 Å². The molecule has 3 amide bonds. The van der Waals surface area contributed by atoms with E-state index >= 15 is 0 Å². The smallest absolute Gasteiger partial charge is 0.293 e. The van der Waals surface area contributed by atoms with Crippen molar-refractivity contribution >= 4 is 58.1 Å². The van der Waals surface area contributed by atoms with E-state index in [0.717, 1.165) is 22.2 Å². The Labute approximate surface area is 188 Å². The lowest BCUT2D eigenvalue weighted by molar-refractivity contribution is -0.122. The molecule has 1 heterocycles. The van der Waals surface area contributed by atoms with E-state index in [1.54, 1.807) is 49.6 Å². The van der Waals surface area contributed by atoms with Crippen LogP contribution in [0.3, 0.4) is 0 Å². The third kappa shape index (κ3) is 5.43. The van der Waals surface area contributed by atoms with Crippen molar-refractivity contribution in [3.8, 4) is 0 Å². The molecule has 0 radical (unpaired) electrons. The summed E-state index contributed by atoms with van der Waals surface area (Å²) in [5, 5.41) is 3.20. The van der Waals surface area contributed by atoms with Crippen LogP contribution < -0.4 is 5.32 Å². The molecule has 6 nitrogen and oxygen atoms in total. The molecule has 2 aromatic rings. The Hall–Kier alpha value is -2.32. The van der Waals surface area contributed by atoms with Crippen molar-refractivity contribution in [2.24, 2.45) is 0 Å². The molecular formula is C21H18Cl2N2O4S. The quantitative estimate of drug-likeness (QED) is 0.605. The number of halogens is 2. The summed E-state index contributed by atoms with van der Waals surface area (Å²) in [5.41, 5.74) is 1.95. The number of hydrogen-bond donors (Lipinski definition) is 1. The third-order valence-corrected chi connectivity index (χ3v) is 5.71. The van der Waals surface area contributed by atoms with E-state index in [0.29, 0.717) is 27.8 Å². The van der Waals surface area contributed by atoms with E-state index in [9.17, 15) is 14.4 Å². The van der Waals surface area contributed by atoms with Gasteiger partial charge in [0.2, 0.25) is 0 Å². The summed E-state index contributed by atoms with van der Waals surface area (Å²) >= 11 is 12.8. The van der Waals surface area contributed by atoms with Gasteiger partial charge in [0.1, 0.15) is 0 Å². The zero-order chi connectivity index (χ0) is 21.7. The lowest BCUT2D eigenvalue weighted by Gasteiger charge is -2.13. The van der Waals surface area contributed by atoms with E-state index in [-0.39, 0.29) is 23.9 Å². The molecule has 2 aromatic carbocycles. The van der Waals surface area contributed by atoms with Gasteiger partial charge < -0.3 is 10.1 Å². The molecule has 0 saturated carbocycles. The Kier molecular flexibility index (Phi) is 7.55. The van der Waals surface area contributed by atoms with E-state index in [1.807, 2.05) is 6.07 Å². The maximum atomic E-state index is 12.6. The molecule has 0 unspecified atom stereocenters. The second-order valence-electron chi connectivity index (χ2n) is 6.39. The molecule has 0 aliphatic carbocycles. The third-order valence-electron chi connectivity index (χ3n) is 4.24. The molecule has 0 bridgehead atoms. The first kappa shape index (κ1) is 22.4. The largest absolute Gasteiger partial charge is 0.380 e. The maximum Gasteiger partial charge on any atom is 0.293 e. The number of carbonyl (C=O) groups excluding carboxylic acids is 3. The molecule has 156 valence electrons. The van der Waals surface area contributed by atoms with E-state index in [2.05, 4.69) is 5.32 Å². The van der Waals surface area contributed by atoms with Crippen LogP contribution in [0, 0.1) is 0 Å². The van der Waals surface area contributed by atoms with Gasteiger partial charge in [0.25, 0.3) is 17.1 Å². The summed E-state index contributed by atoms with van der Waals surface area (Å²) in [6.07, 6.45) is 1.56. The summed E-state index contributed by atoms with van der Waals surface area (Å²) in [4.78, 5) is 38.5. The van der Waals surface area contributed by atoms with Crippen LogP contribution in [-0.2, 0) is 16.1 Å². The van der Waals surface area contributed by atoms with Gasteiger partial charge in [-0.2, -0.15) is 0 Å². The highest BCUT2D eigenvalue weighted by molar-refractivity contribution is 8.18. The lowest BCUT2D eigenvalue weighted by atomic mass is 10.1. The number of thioether (sulfide) groups is 1. The van der Waals surface area contributed by atoms with E-state index < -0.39 is 11.1 Å². The summed E-state index contributed by atoms with van der Waals surface area (Å²) < 4.78 is 5.06. The van der Waals surface area contributed by atoms with Crippen LogP contribution in [0.1, 0.15) is 21.5 Å². The number of nitrogens with zero attached hydrogens (tertiary/aromatic N) is 1. The molecule has 1 aliphatic heterocycles. The number of benzene rings is 2. The molecule has 0 spiro atoms. The second-order valence-corrected chi connectivity index (χ2v) is 8.23. The van der Waals surface area contributed by atoms with Crippen molar-refractivity contribution in [1.82, 2.24) is 10.2 Å². The van der Waals surface area contributed by atoms with Crippen molar-refractivity contribution < 1.29 is 19.1 Å². The van der Waals surface area contributed by atoms with Crippen molar-refractivity contribution in [2.45, 2.75) is 6.61 Å². The Morgan fingerprint density at radius 1 is 1.20 bits per heavy atom. The number of rotatable bonds is 7. The highest BCUT2D eigenvalue weighted by Gasteiger charge is 2.34. The fourth-order valence-corrected chi connectivity index (χ4v) is 4.12. The highest BCUT2D eigenvalue weighted by atomic mass is 35.5. The molecule has 0 aromatic heterocycles. The minimum Gasteiger partial charge on any atom is -0.380 e. The normalized spacial score (nSPS) is 15.2. The maximum absolute atomic E-state index is 12.6. The van der Waals surface area contributed by atoms with Crippen molar-refractivity contribution in [3.05, 3.63) is 74.1 Å². The lowest BCUT2D eigenvalue weighted by Crippen LogP contribution is -2.37. The first-order chi connectivity index (χ1) is 14.4. The van der Waals surface area contributed by atoms with Crippen molar-refractivity contribution in [1.29, 1.82) is 0 Å². The van der Waals surface area contributed by atoms with E-state index in [4.69, 9.17) is 27.9 Å².